The monoisotopic (exact) mass is 381 g/mol. The smallest absolute Gasteiger partial charge is 0.260 e. The minimum Gasteiger partial charge on any atom is -0.483 e. The summed E-state index contributed by atoms with van der Waals surface area (Å²) in [5.41, 5.74) is 1.75. The van der Waals surface area contributed by atoms with Gasteiger partial charge in [0.1, 0.15) is 11.6 Å². The summed E-state index contributed by atoms with van der Waals surface area (Å²) in [6, 6.07) is 11.9. The summed E-state index contributed by atoms with van der Waals surface area (Å²) in [5, 5.41) is 10.2. The molecule has 1 aromatic carbocycles. The van der Waals surface area contributed by atoms with Gasteiger partial charge in [-0.2, -0.15) is 0 Å². The van der Waals surface area contributed by atoms with Crippen molar-refractivity contribution in [3.8, 4) is 17.1 Å². The molecule has 1 amide bonds. The molecule has 144 valence electrons. The summed E-state index contributed by atoms with van der Waals surface area (Å²) >= 11 is 0. The lowest BCUT2D eigenvalue weighted by Gasteiger charge is -2.23. The second kappa shape index (κ2) is 7.90. The van der Waals surface area contributed by atoms with E-state index < -0.39 is 5.82 Å². The van der Waals surface area contributed by atoms with Crippen LogP contribution in [-0.2, 0) is 4.79 Å². The summed E-state index contributed by atoms with van der Waals surface area (Å²) in [7, 11) is 0. The number of aromatic nitrogens is 2. The Hall–Kier alpha value is -3.06. The molecule has 1 atom stereocenters. The van der Waals surface area contributed by atoms with E-state index in [0.717, 1.165) is 24.4 Å². The first-order valence-electron chi connectivity index (χ1n) is 9.20. The zero-order valence-corrected chi connectivity index (χ0v) is 15.2. The van der Waals surface area contributed by atoms with Crippen LogP contribution in [0.15, 0.2) is 48.7 Å². The molecule has 1 aliphatic rings. The Morgan fingerprint density at radius 3 is 2.89 bits per heavy atom. The van der Waals surface area contributed by atoms with Crippen LogP contribution in [0.2, 0.25) is 0 Å². The fraction of sp³-hybridized carbons (Fsp3) is 0.286. The number of hydrogen-bond donors (Lipinski definition) is 1. The van der Waals surface area contributed by atoms with Crippen LogP contribution in [0.3, 0.4) is 0 Å². The molecule has 1 N–H and O–H groups in total. The van der Waals surface area contributed by atoms with Gasteiger partial charge >= 0.3 is 0 Å². The number of benzene rings is 1. The van der Waals surface area contributed by atoms with E-state index in [4.69, 9.17) is 4.74 Å². The fourth-order valence-corrected chi connectivity index (χ4v) is 3.50. The minimum absolute atomic E-state index is 0.0374. The predicted octanol–water partition coefficient (Wildman–Crippen LogP) is 2.80. The lowest BCUT2D eigenvalue weighted by Crippen LogP contribution is -2.40. The number of halogens is 1. The van der Waals surface area contributed by atoms with E-state index in [1.807, 2.05) is 24.3 Å². The maximum Gasteiger partial charge on any atom is 0.260 e. The van der Waals surface area contributed by atoms with E-state index in [-0.39, 0.29) is 25.2 Å². The highest BCUT2D eigenvalue weighted by molar-refractivity contribution is 5.88. The first-order valence-corrected chi connectivity index (χ1v) is 9.20. The lowest BCUT2D eigenvalue weighted by molar-refractivity contribution is -0.134. The standard InChI is InChI=1S/C21H20FN3O3/c22-14-7-8-18(23-11-14)19-10-20(16-5-1-2-6-17(16)24-19)28-13-21(27)25-9-3-4-15(25)12-26/h1-2,5-8,10-11,15,26H,3-4,9,12-13H2. The van der Waals surface area contributed by atoms with Gasteiger partial charge in [0.15, 0.2) is 6.61 Å². The number of pyridine rings is 2. The third kappa shape index (κ3) is 3.66. The highest BCUT2D eigenvalue weighted by Crippen LogP contribution is 2.29. The summed E-state index contributed by atoms with van der Waals surface area (Å²) in [5.74, 6) is -0.0608. The van der Waals surface area contributed by atoms with E-state index in [1.165, 1.54) is 6.07 Å². The largest absolute Gasteiger partial charge is 0.483 e. The zero-order valence-electron chi connectivity index (χ0n) is 15.2. The predicted molar refractivity (Wildman–Crippen MR) is 102 cm³/mol. The van der Waals surface area contributed by atoms with Crippen molar-refractivity contribution in [3.63, 3.8) is 0 Å². The number of carbonyl (C=O) groups is 1. The van der Waals surface area contributed by atoms with Crippen molar-refractivity contribution < 1.29 is 19.0 Å². The van der Waals surface area contributed by atoms with Crippen LogP contribution in [0, 0.1) is 5.82 Å². The second-order valence-corrected chi connectivity index (χ2v) is 6.74. The molecule has 7 heteroatoms. The number of aliphatic hydroxyl groups excluding tert-OH is 1. The van der Waals surface area contributed by atoms with Gasteiger partial charge in [0.25, 0.3) is 5.91 Å². The summed E-state index contributed by atoms with van der Waals surface area (Å²) in [6.07, 6.45) is 2.83. The van der Waals surface area contributed by atoms with Crippen molar-refractivity contribution in [2.45, 2.75) is 18.9 Å². The molecule has 1 saturated heterocycles. The SMILES string of the molecule is O=C(COc1cc(-c2ccc(F)cn2)nc2ccccc12)N1CCCC1CO. The Morgan fingerprint density at radius 2 is 2.11 bits per heavy atom. The lowest BCUT2D eigenvalue weighted by atomic mass is 10.1. The van der Waals surface area contributed by atoms with Crippen LogP contribution in [0.4, 0.5) is 4.39 Å². The van der Waals surface area contributed by atoms with Crippen LogP contribution in [-0.4, -0.2) is 51.7 Å². The maximum atomic E-state index is 13.2. The van der Waals surface area contributed by atoms with E-state index in [0.29, 0.717) is 29.2 Å². The number of aliphatic hydroxyl groups is 1. The molecular formula is C21H20FN3O3. The van der Waals surface area contributed by atoms with E-state index >= 15 is 0 Å². The van der Waals surface area contributed by atoms with Gasteiger partial charge in [0.05, 0.1) is 35.8 Å². The van der Waals surface area contributed by atoms with Crippen LogP contribution in [0.1, 0.15) is 12.8 Å². The van der Waals surface area contributed by atoms with Gasteiger partial charge < -0.3 is 14.7 Å². The van der Waals surface area contributed by atoms with Gasteiger partial charge in [-0.25, -0.2) is 9.37 Å². The average Bonchev–Trinajstić information content (AvgIpc) is 3.21. The molecule has 1 aliphatic heterocycles. The summed E-state index contributed by atoms with van der Waals surface area (Å²) < 4.78 is 19.0. The molecular weight excluding hydrogens is 361 g/mol. The van der Waals surface area contributed by atoms with E-state index in [2.05, 4.69) is 9.97 Å². The van der Waals surface area contributed by atoms with Crippen molar-refractivity contribution in [2.24, 2.45) is 0 Å². The first-order chi connectivity index (χ1) is 13.7. The Labute approximate surface area is 161 Å². The van der Waals surface area contributed by atoms with Crippen molar-refractivity contribution in [2.75, 3.05) is 19.8 Å². The van der Waals surface area contributed by atoms with Gasteiger partial charge in [-0.3, -0.25) is 9.78 Å². The summed E-state index contributed by atoms with van der Waals surface area (Å²) in [6.45, 7) is 0.473. The quantitative estimate of drug-likeness (QED) is 0.736. The highest BCUT2D eigenvalue weighted by atomic mass is 19.1. The molecule has 3 heterocycles. The molecule has 0 aliphatic carbocycles. The van der Waals surface area contributed by atoms with Crippen molar-refractivity contribution in [3.05, 3.63) is 54.5 Å². The van der Waals surface area contributed by atoms with E-state index in [1.54, 1.807) is 17.0 Å². The van der Waals surface area contributed by atoms with Crippen molar-refractivity contribution >= 4 is 16.8 Å². The van der Waals surface area contributed by atoms with Crippen LogP contribution >= 0.6 is 0 Å². The van der Waals surface area contributed by atoms with Gasteiger partial charge in [0, 0.05) is 18.0 Å². The summed E-state index contributed by atoms with van der Waals surface area (Å²) in [4.78, 5) is 22.9. The highest BCUT2D eigenvalue weighted by Gasteiger charge is 2.28. The third-order valence-electron chi connectivity index (χ3n) is 4.93. The second-order valence-electron chi connectivity index (χ2n) is 6.74. The van der Waals surface area contributed by atoms with Gasteiger partial charge in [-0.05, 0) is 37.1 Å². The number of nitrogens with zero attached hydrogens (tertiary/aromatic N) is 3. The molecule has 6 nitrogen and oxygen atoms in total. The van der Waals surface area contributed by atoms with E-state index in [9.17, 15) is 14.3 Å². The van der Waals surface area contributed by atoms with Crippen LogP contribution in [0.25, 0.3) is 22.3 Å². The third-order valence-corrected chi connectivity index (χ3v) is 4.93. The first kappa shape index (κ1) is 18.3. The normalized spacial score (nSPS) is 16.5. The maximum absolute atomic E-state index is 13.2. The average molecular weight is 381 g/mol. The zero-order chi connectivity index (χ0) is 19.5. The Bertz CT molecular complexity index is 994. The Balaban J connectivity index is 1.62. The number of amides is 1. The van der Waals surface area contributed by atoms with Crippen LogP contribution in [0.5, 0.6) is 5.75 Å². The number of para-hydroxylation sites is 1. The van der Waals surface area contributed by atoms with Crippen molar-refractivity contribution in [1.82, 2.24) is 14.9 Å². The molecule has 0 spiro atoms. The van der Waals surface area contributed by atoms with Gasteiger partial charge in [-0.1, -0.05) is 12.1 Å². The number of rotatable bonds is 5. The molecule has 0 saturated carbocycles. The molecule has 28 heavy (non-hydrogen) atoms. The molecule has 0 bridgehead atoms. The topological polar surface area (TPSA) is 75.5 Å². The van der Waals surface area contributed by atoms with Crippen LogP contribution < -0.4 is 4.74 Å². The molecule has 2 aromatic heterocycles. The number of likely N-dealkylation sites (tertiary alicyclic amines) is 1. The van der Waals surface area contributed by atoms with Gasteiger partial charge in [-0.15, -0.1) is 0 Å². The molecule has 0 radical (unpaired) electrons. The number of hydrogen-bond acceptors (Lipinski definition) is 5. The molecule has 1 fully saturated rings. The molecule has 1 unspecified atom stereocenters. The number of fused-ring (bicyclic) bond motifs is 1. The Kier molecular flexibility index (Phi) is 5.16. The van der Waals surface area contributed by atoms with Crippen molar-refractivity contribution in [1.29, 1.82) is 0 Å². The number of ether oxygens (including phenoxy) is 1. The fourth-order valence-electron chi connectivity index (χ4n) is 3.50. The molecule has 3 aromatic rings. The minimum atomic E-state index is -0.421. The molecule has 4 rings (SSSR count). The number of carbonyl (C=O) groups excluding carboxylic acids is 1. The Morgan fingerprint density at radius 1 is 1.25 bits per heavy atom. The van der Waals surface area contributed by atoms with Gasteiger partial charge in [0.2, 0.25) is 0 Å².